The van der Waals surface area contributed by atoms with Crippen molar-refractivity contribution in [3.8, 4) is 6.07 Å². The Bertz CT molecular complexity index is 496. The maximum absolute atomic E-state index is 13.0. The van der Waals surface area contributed by atoms with Crippen LogP contribution in [0.15, 0.2) is 0 Å². The molecule has 0 aromatic heterocycles. The van der Waals surface area contributed by atoms with E-state index in [0.717, 1.165) is 57.9 Å². The Balaban J connectivity index is 2.06. The van der Waals surface area contributed by atoms with Crippen molar-refractivity contribution < 1.29 is 9.59 Å². The molecule has 2 aliphatic rings. The quantitative estimate of drug-likeness (QED) is 0.741. The van der Waals surface area contributed by atoms with Gasteiger partial charge >= 0.3 is 6.03 Å². The molecule has 1 aliphatic heterocycles. The monoisotopic (exact) mass is 348 g/mol. The second kappa shape index (κ2) is 9.65. The van der Waals surface area contributed by atoms with E-state index in [-0.39, 0.29) is 30.6 Å². The molecule has 0 aromatic rings. The molecule has 0 radical (unpaired) electrons. The van der Waals surface area contributed by atoms with Crippen LogP contribution in [0.25, 0.3) is 0 Å². The Labute approximate surface area is 151 Å². The summed E-state index contributed by atoms with van der Waals surface area (Å²) in [4.78, 5) is 30.9. The number of nitriles is 1. The molecule has 1 saturated carbocycles. The van der Waals surface area contributed by atoms with Crippen molar-refractivity contribution in [2.75, 3.05) is 26.7 Å². The minimum absolute atomic E-state index is 0.0404. The van der Waals surface area contributed by atoms with Crippen LogP contribution in [0.4, 0.5) is 4.79 Å². The van der Waals surface area contributed by atoms with Gasteiger partial charge in [-0.15, -0.1) is 0 Å². The minimum Gasteiger partial charge on any atom is -0.328 e. The number of unbranched alkanes of at least 4 members (excludes halogenated alkanes) is 1. The lowest BCUT2D eigenvalue weighted by Crippen LogP contribution is -2.52. The van der Waals surface area contributed by atoms with Crippen LogP contribution in [0, 0.1) is 11.3 Å². The van der Waals surface area contributed by atoms with Crippen LogP contribution < -0.4 is 0 Å². The summed E-state index contributed by atoms with van der Waals surface area (Å²) in [7, 11) is 1.83. The Morgan fingerprint density at radius 1 is 1.16 bits per heavy atom. The van der Waals surface area contributed by atoms with E-state index in [1.54, 1.807) is 14.7 Å². The van der Waals surface area contributed by atoms with Gasteiger partial charge in [0.2, 0.25) is 5.91 Å². The maximum Gasteiger partial charge on any atom is 0.320 e. The van der Waals surface area contributed by atoms with Crippen molar-refractivity contribution in [1.82, 2.24) is 14.7 Å². The molecule has 1 aliphatic carbocycles. The third-order valence-electron chi connectivity index (χ3n) is 5.46. The van der Waals surface area contributed by atoms with Gasteiger partial charge in [0.1, 0.15) is 12.6 Å². The van der Waals surface area contributed by atoms with Gasteiger partial charge in [0, 0.05) is 26.2 Å². The standard InChI is InChI=1S/C19H32N4O2/c1-3-4-12-21(2)19(25)23(16-9-6-5-7-10-16)15-18(24)22-13-8-11-17(22)14-20/h16-17H,3-13,15H2,1-2H3/t17-/m0/s1. The van der Waals surface area contributed by atoms with Crippen LogP contribution in [0.2, 0.25) is 0 Å². The lowest BCUT2D eigenvalue weighted by atomic mass is 9.94. The van der Waals surface area contributed by atoms with Gasteiger partial charge in [-0.2, -0.15) is 5.26 Å². The van der Waals surface area contributed by atoms with Gasteiger partial charge in [-0.1, -0.05) is 32.6 Å². The highest BCUT2D eigenvalue weighted by Gasteiger charge is 2.34. The number of likely N-dealkylation sites (tertiary alicyclic amines) is 1. The first-order valence-electron chi connectivity index (χ1n) is 9.79. The third-order valence-corrected chi connectivity index (χ3v) is 5.46. The predicted octanol–water partition coefficient (Wildman–Crippen LogP) is 2.99. The highest BCUT2D eigenvalue weighted by atomic mass is 16.2. The summed E-state index contributed by atoms with van der Waals surface area (Å²) in [5, 5.41) is 9.23. The van der Waals surface area contributed by atoms with E-state index < -0.39 is 0 Å². The molecule has 25 heavy (non-hydrogen) atoms. The van der Waals surface area contributed by atoms with Gasteiger partial charge in [0.25, 0.3) is 0 Å². The van der Waals surface area contributed by atoms with Crippen molar-refractivity contribution >= 4 is 11.9 Å². The average molecular weight is 348 g/mol. The lowest BCUT2D eigenvalue weighted by Gasteiger charge is -2.37. The van der Waals surface area contributed by atoms with E-state index in [2.05, 4.69) is 13.0 Å². The summed E-state index contributed by atoms with van der Waals surface area (Å²) in [6, 6.07) is 2.00. The molecule has 0 aromatic carbocycles. The number of hydrogen-bond donors (Lipinski definition) is 0. The van der Waals surface area contributed by atoms with E-state index in [1.807, 2.05) is 7.05 Å². The fourth-order valence-electron chi connectivity index (χ4n) is 3.89. The zero-order valence-electron chi connectivity index (χ0n) is 15.7. The molecule has 1 atom stereocenters. The van der Waals surface area contributed by atoms with Crippen LogP contribution in [0.5, 0.6) is 0 Å². The Morgan fingerprint density at radius 3 is 2.52 bits per heavy atom. The molecule has 2 fully saturated rings. The zero-order chi connectivity index (χ0) is 18.2. The first-order chi connectivity index (χ1) is 12.1. The number of carbonyl (C=O) groups excluding carboxylic acids is 2. The lowest BCUT2D eigenvalue weighted by molar-refractivity contribution is -0.132. The van der Waals surface area contributed by atoms with Crippen molar-refractivity contribution in [2.45, 2.75) is 76.8 Å². The summed E-state index contributed by atoms with van der Waals surface area (Å²) in [5.74, 6) is -0.0770. The molecule has 0 N–H and O–H groups in total. The first kappa shape index (κ1) is 19.6. The number of hydrogen-bond acceptors (Lipinski definition) is 3. The fraction of sp³-hybridized carbons (Fsp3) is 0.842. The Hall–Kier alpha value is -1.77. The third kappa shape index (κ3) is 5.10. The molecule has 1 heterocycles. The number of urea groups is 1. The molecule has 6 heteroatoms. The van der Waals surface area contributed by atoms with Gasteiger partial charge in [0.05, 0.1) is 6.07 Å². The van der Waals surface area contributed by atoms with Crippen molar-refractivity contribution in [2.24, 2.45) is 0 Å². The molecule has 0 bridgehead atoms. The zero-order valence-corrected chi connectivity index (χ0v) is 15.7. The smallest absolute Gasteiger partial charge is 0.320 e. The molecule has 3 amide bonds. The van der Waals surface area contributed by atoms with E-state index in [0.29, 0.717) is 6.54 Å². The Morgan fingerprint density at radius 2 is 1.88 bits per heavy atom. The number of rotatable bonds is 6. The van der Waals surface area contributed by atoms with Gasteiger partial charge in [0.15, 0.2) is 0 Å². The molecule has 0 spiro atoms. The van der Waals surface area contributed by atoms with E-state index in [1.165, 1.54) is 6.42 Å². The largest absolute Gasteiger partial charge is 0.328 e. The van der Waals surface area contributed by atoms with Crippen molar-refractivity contribution in [3.63, 3.8) is 0 Å². The summed E-state index contributed by atoms with van der Waals surface area (Å²) in [6.45, 7) is 3.57. The minimum atomic E-state index is -0.325. The van der Waals surface area contributed by atoms with Crippen LogP contribution in [0.3, 0.4) is 0 Å². The summed E-state index contributed by atoms with van der Waals surface area (Å²) in [6.07, 6.45) is 9.02. The molecular formula is C19H32N4O2. The van der Waals surface area contributed by atoms with Gasteiger partial charge < -0.3 is 14.7 Å². The summed E-state index contributed by atoms with van der Waals surface area (Å²) >= 11 is 0. The fourth-order valence-corrected chi connectivity index (χ4v) is 3.89. The van der Waals surface area contributed by atoms with Crippen LogP contribution in [0.1, 0.15) is 64.7 Å². The van der Waals surface area contributed by atoms with Gasteiger partial charge in [-0.05, 0) is 32.1 Å². The predicted molar refractivity (Wildman–Crippen MR) is 96.9 cm³/mol. The van der Waals surface area contributed by atoms with E-state index in [4.69, 9.17) is 0 Å². The second-order valence-electron chi connectivity index (χ2n) is 7.35. The van der Waals surface area contributed by atoms with E-state index >= 15 is 0 Å². The number of nitrogens with zero attached hydrogens (tertiary/aromatic N) is 4. The molecule has 0 unspecified atom stereocenters. The molecular weight excluding hydrogens is 316 g/mol. The molecule has 1 saturated heterocycles. The molecule has 140 valence electrons. The summed E-state index contributed by atoms with van der Waals surface area (Å²) in [5.41, 5.74) is 0. The van der Waals surface area contributed by atoms with Gasteiger partial charge in [-0.3, -0.25) is 4.79 Å². The topological polar surface area (TPSA) is 67.7 Å². The van der Waals surface area contributed by atoms with Gasteiger partial charge in [-0.25, -0.2) is 4.79 Å². The average Bonchev–Trinajstić information content (AvgIpc) is 3.13. The highest BCUT2D eigenvalue weighted by Crippen LogP contribution is 2.24. The highest BCUT2D eigenvalue weighted by molar-refractivity contribution is 5.85. The van der Waals surface area contributed by atoms with Crippen LogP contribution in [-0.4, -0.2) is 65.4 Å². The first-order valence-corrected chi connectivity index (χ1v) is 9.79. The number of carbonyl (C=O) groups is 2. The number of amides is 3. The second-order valence-corrected chi connectivity index (χ2v) is 7.35. The SMILES string of the molecule is CCCCN(C)C(=O)N(CC(=O)N1CCC[C@H]1C#N)C1CCCCC1. The Kier molecular flexibility index (Phi) is 7.54. The maximum atomic E-state index is 13.0. The van der Waals surface area contributed by atoms with Crippen molar-refractivity contribution in [1.29, 1.82) is 5.26 Å². The summed E-state index contributed by atoms with van der Waals surface area (Å²) < 4.78 is 0. The van der Waals surface area contributed by atoms with Crippen molar-refractivity contribution in [3.05, 3.63) is 0 Å². The molecule has 6 nitrogen and oxygen atoms in total. The van der Waals surface area contributed by atoms with Crippen LogP contribution in [-0.2, 0) is 4.79 Å². The van der Waals surface area contributed by atoms with Crippen LogP contribution >= 0.6 is 0 Å². The van der Waals surface area contributed by atoms with E-state index in [9.17, 15) is 14.9 Å². The molecule has 2 rings (SSSR count). The normalized spacial score (nSPS) is 21.0.